The van der Waals surface area contributed by atoms with Gasteiger partial charge in [0, 0.05) is 29.5 Å². The fourth-order valence-electron chi connectivity index (χ4n) is 4.12. The van der Waals surface area contributed by atoms with Crippen LogP contribution in [0.1, 0.15) is 29.0 Å². The van der Waals surface area contributed by atoms with E-state index in [2.05, 4.69) is 57.0 Å². The van der Waals surface area contributed by atoms with Crippen LogP contribution >= 0.6 is 12.2 Å². The zero-order chi connectivity index (χ0) is 21.4. The summed E-state index contributed by atoms with van der Waals surface area (Å²) in [6, 6.07) is 25.5. The van der Waals surface area contributed by atoms with E-state index in [9.17, 15) is 5.11 Å². The molecule has 5 rings (SSSR count). The number of aryl methyl sites for hydroxylation is 1. The first-order valence-electron chi connectivity index (χ1n) is 10.2. The van der Waals surface area contributed by atoms with Gasteiger partial charge in [0.1, 0.15) is 11.8 Å². The fourth-order valence-corrected chi connectivity index (χ4v) is 4.47. The average molecular weight is 427 g/mol. The number of aromatic nitrogens is 2. The predicted octanol–water partition coefficient (Wildman–Crippen LogP) is 5.06. The maximum Gasteiger partial charge on any atom is 0.174 e. The van der Waals surface area contributed by atoms with Crippen molar-refractivity contribution in [1.82, 2.24) is 14.9 Å². The van der Waals surface area contributed by atoms with Gasteiger partial charge < -0.3 is 19.9 Å². The predicted molar refractivity (Wildman–Crippen MR) is 127 cm³/mol. The highest BCUT2D eigenvalue weighted by Gasteiger charge is 2.42. The number of pyridine rings is 1. The van der Waals surface area contributed by atoms with Crippen molar-refractivity contribution < 1.29 is 5.11 Å². The van der Waals surface area contributed by atoms with Crippen molar-refractivity contribution in [2.24, 2.45) is 0 Å². The van der Waals surface area contributed by atoms with Crippen LogP contribution < -0.4 is 10.2 Å². The Hall–Kier alpha value is -3.64. The first kappa shape index (κ1) is 19.3. The molecule has 0 spiro atoms. The summed E-state index contributed by atoms with van der Waals surface area (Å²) in [7, 11) is 0. The van der Waals surface area contributed by atoms with Crippen molar-refractivity contribution in [2.75, 3.05) is 4.90 Å². The van der Waals surface area contributed by atoms with Crippen LogP contribution in [0.5, 0.6) is 5.75 Å². The minimum absolute atomic E-state index is 0.103. The summed E-state index contributed by atoms with van der Waals surface area (Å²) >= 11 is 5.81. The van der Waals surface area contributed by atoms with E-state index in [-0.39, 0.29) is 17.8 Å². The van der Waals surface area contributed by atoms with Crippen LogP contribution in [0, 0.1) is 6.92 Å². The summed E-state index contributed by atoms with van der Waals surface area (Å²) in [5.74, 6) is 0.244. The van der Waals surface area contributed by atoms with E-state index >= 15 is 0 Å². The molecular weight excluding hydrogens is 404 g/mol. The Labute approximate surface area is 186 Å². The number of aromatic hydroxyl groups is 1. The molecule has 0 radical (unpaired) electrons. The van der Waals surface area contributed by atoms with E-state index in [1.807, 2.05) is 48.8 Å². The molecule has 0 aliphatic carbocycles. The van der Waals surface area contributed by atoms with Crippen LogP contribution in [0.2, 0.25) is 0 Å². The molecule has 1 aliphatic heterocycles. The highest BCUT2D eigenvalue weighted by molar-refractivity contribution is 7.80. The molecule has 0 amide bonds. The summed E-state index contributed by atoms with van der Waals surface area (Å²) in [5, 5.41) is 13.9. The average Bonchev–Trinajstić information content (AvgIpc) is 3.40. The third-order valence-corrected chi connectivity index (χ3v) is 5.94. The highest BCUT2D eigenvalue weighted by Crippen LogP contribution is 2.42. The molecule has 5 nitrogen and oxygen atoms in total. The van der Waals surface area contributed by atoms with Crippen molar-refractivity contribution in [2.45, 2.75) is 19.0 Å². The van der Waals surface area contributed by atoms with Crippen molar-refractivity contribution in [1.29, 1.82) is 0 Å². The lowest BCUT2D eigenvalue weighted by Crippen LogP contribution is -2.30. The van der Waals surface area contributed by atoms with Gasteiger partial charge in [-0.2, -0.15) is 0 Å². The highest BCUT2D eigenvalue weighted by atomic mass is 32.1. The largest absolute Gasteiger partial charge is 0.508 e. The number of hydrogen-bond acceptors (Lipinski definition) is 3. The first-order chi connectivity index (χ1) is 15.1. The van der Waals surface area contributed by atoms with Gasteiger partial charge in [0.15, 0.2) is 5.11 Å². The fraction of sp³-hybridized carbons (Fsp3) is 0.120. The Morgan fingerprint density at radius 3 is 2.35 bits per heavy atom. The van der Waals surface area contributed by atoms with Crippen LogP contribution in [0.3, 0.4) is 0 Å². The molecule has 31 heavy (non-hydrogen) atoms. The molecule has 2 aromatic heterocycles. The van der Waals surface area contributed by atoms with Gasteiger partial charge in [-0.1, -0.05) is 23.8 Å². The molecule has 0 saturated carbocycles. The van der Waals surface area contributed by atoms with E-state index in [1.54, 1.807) is 12.1 Å². The third kappa shape index (κ3) is 3.55. The molecular formula is C25H22N4OS. The number of phenols is 1. The molecule has 2 aromatic carbocycles. The molecule has 1 aliphatic rings. The van der Waals surface area contributed by atoms with Gasteiger partial charge in [-0.25, -0.2) is 0 Å². The number of anilines is 1. The van der Waals surface area contributed by atoms with E-state index in [1.165, 1.54) is 5.56 Å². The van der Waals surface area contributed by atoms with E-state index in [0.717, 1.165) is 22.8 Å². The van der Waals surface area contributed by atoms with Gasteiger partial charge in [0.25, 0.3) is 0 Å². The molecule has 2 N–H and O–H groups in total. The van der Waals surface area contributed by atoms with E-state index in [0.29, 0.717) is 5.11 Å². The maximum atomic E-state index is 9.72. The molecule has 1 saturated heterocycles. The molecule has 3 heterocycles. The molecule has 6 heteroatoms. The second-order valence-corrected chi connectivity index (χ2v) is 8.04. The summed E-state index contributed by atoms with van der Waals surface area (Å²) in [4.78, 5) is 6.79. The number of rotatable bonds is 4. The van der Waals surface area contributed by atoms with Gasteiger partial charge in [-0.3, -0.25) is 4.98 Å². The standard InChI is InChI=1S/C25H22N4OS/c1-17-7-9-19(10-8-17)29-24(23(27-25(29)31)21-5-2-3-15-26-21)22-6-4-16-28(22)18-11-13-20(30)14-12-18/h2-16,23-24,30H,1H3,(H,27,31)/t23-,24-/m1/s1. The van der Waals surface area contributed by atoms with Gasteiger partial charge in [0.2, 0.25) is 0 Å². The second kappa shape index (κ2) is 7.89. The summed E-state index contributed by atoms with van der Waals surface area (Å²) in [6.07, 6.45) is 3.84. The molecule has 4 aromatic rings. The van der Waals surface area contributed by atoms with Crippen LogP contribution in [0.15, 0.2) is 91.3 Å². The maximum absolute atomic E-state index is 9.72. The lowest BCUT2D eigenvalue weighted by Gasteiger charge is -2.29. The lowest BCUT2D eigenvalue weighted by atomic mass is 10.0. The minimum Gasteiger partial charge on any atom is -0.508 e. The first-order valence-corrected chi connectivity index (χ1v) is 10.6. The zero-order valence-electron chi connectivity index (χ0n) is 17.0. The number of benzene rings is 2. The van der Waals surface area contributed by atoms with Crippen LogP contribution in [-0.4, -0.2) is 19.8 Å². The van der Waals surface area contributed by atoms with Gasteiger partial charge in [0.05, 0.1) is 11.7 Å². The van der Waals surface area contributed by atoms with Crippen LogP contribution in [0.25, 0.3) is 5.69 Å². The van der Waals surface area contributed by atoms with Gasteiger partial charge in [-0.05, 0) is 79.8 Å². The Bertz CT molecular complexity index is 1200. The van der Waals surface area contributed by atoms with Crippen molar-refractivity contribution in [3.05, 3.63) is 108 Å². The molecule has 2 atom stereocenters. The van der Waals surface area contributed by atoms with Crippen molar-refractivity contribution >= 4 is 23.0 Å². The Balaban J connectivity index is 1.66. The summed E-state index contributed by atoms with van der Waals surface area (Å²) in [6.45, 7) is 2.08. The molecule has 0 unspecified atom stereocenters. The number of phenolic OH excluding ortho intramolecular Hbond substituents is 1. The van der Waals surface area contributed by atoms with E-state index in [4.69, 9.17) is 12.2 Å². The van der Waals surface area contributed by atoms with Crippen molar-refractivity contribution in [3.8, 4) is 11.4 Å². The van der Waals surface area contributed by atoms with Gasteiger partial charge in [-0.15, -0.1) is 0 Å². The third-order valence-electron chi connectivity index (χ3n) is 5.62. The molecule has 0 bridgehead atoms. The minimum atomic E-state index is -0.110. The Kier molecular flexibility index (Phi) is 4.92. The van der Waals surface area contributed by atoms with Gasteiger partial charge >= 0.3 is 0 Å². The monoisotopic (exact) mass is 426 g/mol. The Morgan fingerprint density at radius 2 is 1.65 bits per heavy atom. The normalized spacial score (nSPS) is 18.2. The topological polar surface area (TPSA) is 53.3 Å². The Morgan fingerprint density at radius 1 is 0.903 bits per heavy atom. The van der Waals surface area contributed by atoms with Crippen LogP contribution in [0.4, 0.5) is 5.69 Å². The molecule has 154 valence electrons. The SMILES string of the molecule is Cc1ccc(N2C(=S)N[C@H](c3ccccn3)[C@H]2c2cccn2-c2ccc(O)cc2)cc1. The second-order valence-electron chi connectivity index (χ2n) is 7.65. The number of nitrogens with one attached hydrogen (secondary N) is 1. The number of hydrogen-bond donors (Lipinski definition) is 2. The quantitative estimate of drug-likeness (QED) is 0.447. The van der Waals surface area contributed by atoms with Crippen LogP contribution in [-0.2, 0) is 0 Å². The van der Waals surface area contributed by atoms with Crippen molar-refractivity contribution in [3.63, 3.8) is 0 Å². The zero-order valence-corrected chi connectivity index (χ0v) is 17.8. The van der Waals surface area contributed by atoms with E-state index < -0.39 is 0 Å². The lowest BCUT2D eigenvalue weighted by molar-refractivity contribution is 0.475. The molecule has 1 fully saturated rings. The summed E-state index contributed by atoms with van der Waals surface area (Å²) in [5.41, 5.74) is 5.22. The number of thiocarbonyl (C=S) groups is 1. The smallest absolute Gasteiger partial charge is 0.174 e. The summed E-state index contributed by atoms with van der Waals surface area (Å²) < 4.78 is 2.14. The number of nitrogens with zero attached hydrogens (tertiary/aromatic N) is 3.